The van der Waals surface area contributed by atoms with Crippen molar-refractivity contribution in [3.63, 3.8) is 0 Å². The average Bonchev–Trinajstić information content (AvgIpc) is 2.36. The number of carbonyl (C=O) groups excluding carboxylic acids is 1. The van der Waals surface area contributed by atoms with Crippen molar-refractivity contribution in [1.82, 2.24) is 0 Å². The molecule has 0 amide bonds. The number of non-ortho nitro benzene ring substituents is 1. The Morgan fingerprint density at radius 1 is 1.50 bits per heavy atom. The molecule has 0 radical (unpaired) electrons. The molecule has 7 nitrogen and oxygen atoms in total. The van der Waals surface area contributed by atoms with Crippen LogP contribution in [-0.2, 0) is 9.53 Å². The van der Waals surface area contributed by atoms with Crippen LogP contribution in [0.1, 0.15) is 6.92 Å². The largest absolute Gasteiger partial charge is 0.482 e. The molecule has 0 saturated heterocycles. The number of hydrogen-bond acceptors (Lipinski definition) is 6. The number of esters is 1. The third-order valence-corrected chi connectivity index (χ3v) is 1.89. The van der Waals surface area contributed by atoms with Crippen LogP contribution >= 0.6 is 0 Å². The van der Waals surface area contributed by atoms with Gasteiger partial charge < -0.3 is 9.47 Å². The molecule has 0 unspecified atom stereocenters. The minimum absolute atomic E-state index is 0.0666. The maximum absolute atomic E-state index is 11.2. The monoisotopic (exact) mass is 250 g/mol. The third-order valence-electron chi connectivity index (χ3n) is 1.89. The molecule has 0 saturated carbocycles. The SMILES string of the molecule is C[C@@H](C#N)OC(=O)COc1ccc([N+](=O)[O-])cc1. The molecule has 1 aromatic rings. The predicted molar refractivity (Wildman–Crippen MR) is 59.8 cm³/mol. The summed E-state index contributed by atoms with van der Waals surface area (Å²) in [5.74, 6) is -0.371. The Kier molecular flexibility index (Phi) is 4.63. The average molecular weight is 250 g/mol. The van der Waals surface area contributed by atoms with Gasteiger partial charge in [0, 0.05) is 12.1 Å². The summed E-state index contributed by atoms with van der Waals surface area (Å²) in [6.45, 7) is 1.08. The Labute approximate surface area is 103 Å². The Bertz CT molecular complexity index is 477. The fourth-order valence-corrected chi connectivity index (χ4v) is 1.06. The quantitative estimate of drug-likeness (QED) is 0.445. The molecule has 0 fully saturated rings. The second kappa shape index (κ2) is 6.20. The van der Waals surface area contributed by atoms with E-state index in [1.165, 1.54) is 31.2 Å². The zero-order valence-electron chi connectivity index (χ0n) is 9.53. The smallest absolute Gasteiger partial charge is 0.345 e. The van der Waals surface area contributed by atoms with Gasteiger partial charge in [-0.2, -0.15) is 5.26 Å². The van der Waals surface area contributed by atoms with Gasteiger partial charge in [-0.1, -0.05) is 0 Å². The molecule has 7 heteroatoms. The van der Waals surface area contributed by atoms with Gasteiger partial charge in [-0.15, -0.1) is 0 Å². The van der Waals surface area contributed by atoms with Crippen molar-refractivity contribution in [2.75, 3.05) is 6.61 Å². The lowest BCUT2D eigenvalue weighted by Gasteiger charge is -2.07. The zero-order chi connectivity index (χ0) is 13.5. The fourth-order valence-electron chi connectivity index (χ4n) is 1.06. The van der Waals surface area contributed by atoms with E-state index in [-0.39, 0.29) is 12.3 Å². The molecule has 0 aromatic heterocycles. The van der Waals surface area contributed by atoms with E-state index in [2.05, 4.69) is 4.74 Å². The number of nitrogens with zero attached hydrogens (tertiary/aromatic N) is 2. The van der Waals surface area contributed by atoms with Crippen LogP contribution in [0.15, 0.2) is 24.3 Å². The first-order valence-electron chi connectivity index (χ1n) is 4.99. The molecule has 0 aliphatic heterocycles. The van der Waals surface area contributed by atoms with Crippen LogP contribution in [-0.4, -0.2) is 23.6 Å². The Morgan fingerprint density at radius 2 is 2.11 bits per heavy atom. The maximum atomic E-state index is 11.2. The Balaban J connectivity index is 2.47. The molecule has 0 N–H and O–H groups in total. The number of carbonyl (C=O) groups is 1. The van der Waals surface area contributed by atoms with Gasteiger partial charge in [-0.25, -0.2) is 4.79 Å². The summed E-state index contributed by atoms with van der Waals surface area (Å²) in [6, 6.07) is 7.01. The summed E-state index contributed by atoms with van der Waals surface area (Å²) in [5, 5.41) is 18.8. The lowest BCUT2D eigenvalue weighted by molar-refractivity contribution is -0.384. The van der Waals surface area contributed by atoms with Gasteiger partial charge in [0.05, 0.1) is 4.92 Å². The predicted octanol–water partition coefficient (Wildman–Crippen LogP) is 1.43. The number of benzene rings is 1. The van der Waals surface area contributed by atoms with Crippen LogP contribution in [0.25, 0.3) is 0 Å². The molecule has 1 aromatic carbocycles. The third kappa shape index (κ3) is 4.09. The Hall–Kier alpha value is -2.62. The van der Waals surface area contributed by atoms with Gasteiger partial charge in [-0.05, 0) is 19.1 Å². The highest BCUT2D eigenvalue weighted by molar-refractivity contribution is 5.71. The van der Waals surface area contributed by atoms with Gasteiger partial charge >= 0.3 is 5.97 Å². The molecule has 0 heterocycles. The first kappa shape index (κ1) is 13.4. The van der Waals surface area contributed by atoms with E-state index in [9.17, 15) is 14.9 Å². The van der Waals surface area contributed by atoms with Gasteiger partial charge in [0.15, 0.2) is 12.7 Å². The number of ether oxygens (including phenoxy) is 2. The van der Waals surface area contributed by atoms with Gasteiger partial charge in [0.1, 0.15) is 11.8 Å². The van der Waals surface area contributed by atoms with E-state index in [0.717, 1.165) is 0 Å². The van der Waals surface area contributed by atoms with Crippen LogP contribution in [0.5, 0.6) is 5.75 Å². The summed E-state index contributed by atoms with van der Waals surface area (Å²) >= 11 is 0. The summed E-state index contributed by atoms with van der Waals surface area (Å²) in [4.78, 5) is 21.0. The van der Waals surface area contributed by atoms with E-state index in [0.29, 0.717) is 5.75 Å². The van der Waals surface area contributed by atoms with E-state index in [1.807, 2.05) is 0 Å². The Morgan fingerprint density at radius 3 is 2.61 bits per heavy atom. The van der Waals surface area contributed by atoms with Crippen molar-refractivity contribution in [3.8, 4) is 11.8 Å². The second-order valence-corrected chi connectivity index (χ2v) is 3.30. The molecule has 0 aliphatic carbocycles. The molecule has 1 rings (SSSR count). The summed E-state index contributed by atoms with van der Waals surface area (Å²) in [5.41, 5.74) is -0.0666. The topological polar surface area (TPSA) is 102 Å². The van der Waals surface area contributed by atoms with E-state index >= 15 is 0 Å². The van der Waals surface area contributed by atoms with Crippen molar-refractivity contribution in [3.05, 3.63) is 34.4 Å². The number of hydrogen-bond donors (Lipinski definition) is 0. The normalized spacial score (nSPS) is 11.1. The van der Waals surface area contributed by atoms with Crippen molar-refractivity contribution < 1.29 is 19.2 Å². The highest BCUT2D eigenvalue weighted by Gasteiger charge is 2.10. The molecular weight excluding hydrogens is 240 g/mol. The highest BCUT2D eigenvalue weighted by Crippen LogP contribution is 2.17. The standard InChI is InChI=1S/C11H10N2O5/c1-8(6-12)18-11(14)7-17-10-4-2-9(3-5-10)13(15)16/h2-5,8H,7H2,1H3/t8-/m0/s1. The number of nitriles is 1. The summed E-state index contributed by atoms with van der Waals surface area (Å²) in [7, 11) is 0. The lowest BCUT2D eigenvalue weighted by atomic mass is 10.3. The molecule has 18 heavy (non-hydrogen) atoms. The summed E-state index contributed by atoms with van der Waals surface area (Å²) in [6.07, 6.45) is -0.835. The second-order valence-electron chi connectivity index (χ2n) is 3.30. The number of nitro benzene ring substituents is 1. The molecular formula is C11H10N2O5. The fraction of sp³-hybridized carbons (Fsp3) is 0.273. The first-order valence-corrected chi connectivity index (χ1v) is 4.99. The van der Waals surface area contributed by atoms with Crippen molar-refractivity contribution in [2.45, 2.75) is 13.0 Å². The van der Waals surface area contributed by atoms with Crippen molar-refractivity contribution in [2.24, 2.45) is 0 Å². The van der Waals surface area contributed by atoms with Crippen LogP contribution in [0.4, 0.5) is 5.69 Å². The van der Waals surface area contributed by atoms with Crippen LogP contribution in [0, 0.1) is 21.4 Å². The number of rotatable bonds is 5. The maximum Gasteiger partial charge on any atom is 0.345 e. The summed E-state index contributed by atoms with van der Waals surface area (Å²) < 4.78 is 9.69. The van der Waals surface area contributed by atoms with Gasteiger partial charge in [0.25, 0.3) is 5.69 Å². The molecule has 94 valence electrons. The van der Waals surface area contributed by atoms with E-state index in [4.69, 9.17) is 10.00 Å². The van der Waals surface area contributed by atoms with Crippen LogP contribution < -0.4 is 4.74 Å². The van der Waals surface area contributed by atoms with Crippen molar-refractivity contribution >= 4 is 11.7 Å². The molecule has 0 bridgehead atoms. The van der Waals surface area contributed by atoms with Crippen LogP contribution in [0.3, 0.4) is 0 Å². The lowest BCUT2D eigenvalue weighted by Crippen LogP contribution is -2.19. The van der Waals surface area contributed by atoms with E-state index < -0.39 is 17.0 Å². The first-order chi connectivity index (χ1) is 8.52. The van der Waals surface area contributed by atoms with Gasteiger partial charge in [-0.3, -0.25) is 10.1 Å². The van der Waals surface area contributed by atoms with E-state index in [1.54, 1.807) is 6.07 Å². The van der Waals surface area contributed by atoms with Crippen LogP contribution in [0.2, 0.25) is 0 Å². The molecule has 1 atom stereocenters. The molecule has 0 aliphatic rings. The minimum atomic E-state index is -0.835. The highest BCUT2D eigenvalue weighted by atomic mass is 16.6. The van der Waals surface area contributed by atoms with Gasteiger partial charge in [0.2, 0.25) is 0 Å². The molecule has 0 spiro atoms. The zero-order valence-corrected chi connectivity index (χ0v) is 9.53. The minimum Gasteiger partial charge on any atom is -0.482 e. The van der Waals surface area contributed by atoms with Crippen molar-refractivity contribution in [1.29, 1.82) is 5.26 Å². The number of nitro groups is 1.